The van der Waals surface area contributed by atoms with Gasteiger partial charge < -0.3 is 10.4 Å². The molecule has 9 heteroatoms. The Bertz CT molecular complexity index is 636. The first-order valence-corrected chi connectivity index (χ1v) is 7.14. The van der Waals surface area contributed by atoms with Gasteiger partial charge in [0, 0.05) is 11.6 Å². The number of nitrogens with zero attached hydrogens (tertiary/aromatic N) is 1. The Labute approximate surface area is 136 Å². The number of hydrogen-bond acceptors (Lipinski definition) is 4. The van der Waals surface area contributed by atoms with Gasteiger partial charge in [-0.3, -0.25) is 14.9 Å². The molecule has 1 atom stereocenters. The zero-order valence-corrected chi connectivity index (χ0v) is 13.3. The maximum atomic E-state index is 13.5. The average molecular weight is 347 g/mol. The van der Waals surface area contributed by atoms with Crippen LogP contribution < -0.4 is 5.32 Å². The third-order valence-electron chi connectivity index (χ3n) is 3.01. The summed E-state index contributed by atoms with van der Waals surface area (Å²) in [6.07, 6.45) is -0.315. The van der Waals surface area contributed by atoms with E-state index in [0.29, 0.717) is 0 Å². The van der Waals surface area contributed by atoms with Crippen molar-refractivity contribution in [3.63, 3.8) is 0 Å². The van der Waals surface area contributed by atoms with Crippen LogP contribution in [0.4, 0.5) is 10.1 Å². The normalized spacial score (nSPS) is 12.0. The summed E-state index contributed by atoms with van der Waals surface area (Å²) in [4.78, 5) is 33.2. The molecule has 0 aromatic heterocycles. The number of nitro groups is 1. The smallest absolute Gasteiger partial charge is 0.326 e. The molecule has 0 aliphatic rings. The Morgan fingerprint density at radius 1 is 1.43 bits per heavy atom. The number of hydrogen-bond donors (Lipinski definition) is 2. The van der Waals surface area contributed by atoms with Crippen molar-refractivity contribution < 1.29 is 24.0 Å². The van der Waals surface area contributed by atoms with Gasteiger partial charge in [-0.15, -0.1) is 0 Å². The van der Waals surface area contributed by atoms with Crippen molar-refractivity contribution in [2.75, 3.05) is 0 Å². The van der Waals surface area contributed by atoms with Crippen LogP contribution in [0.2, 0.25) is 5.02 Å². The number of carbonyl (C=O) groups is 2. The van der Waals surface area contributed by atoms with Crippen LogP contribution in [0.5, 0.6) is 0 Å². The van der Waals surface area contributed by atoms with E-state index in [1.54, 1.807) is 13.8 Å². The third kappa shape index (κ3) is 5.48. The molecular weight excluding hydrogens is 331 g/mol. The average Bonchev–Trinajstić information content (AvgIpc) is 2.40. The molecule has 0 saturated carbocycles. The van der Waals surface area contributed by atoms with E-state index in [1.165, 1.54) is 0 Å². The second kappa shape index (κ2) is 7.87. The van der Waals surface area contributed by atoms with Crippen LogP contribution in [0.15, 0.2) is 12.1 Å². The number of benzene rings is 1. The van der Waals surface area contributed by atoms with Crippen LogP contribution in [-0.2, 0) is 16.0 Å². The van der Waals surface area contributed by atoms with Crippen LogP contribution in [0.25, 0.3) is 0 Å². The standard InChI is InChI=1S/C14H16ClFN2O5/c1-7(2)3-11(14(20)21)17-13(19)5-8-4-10(16)9(15)6-12(8)18(22)23/h4,6-7,11H,3,5H2,1-2H3,(H,17,19)(H,20,21). The molecule has 0 saturated heterocycles. The first-order valence-electron chi connectivity index (χ1n) is 6.76. The van der Waals surface area contributed by atoms with Crippen LogP contribution in [-0.4, -0.2) is 27.9 Å². The number of carboxylic acid groups (broad SMARTS) is 1. The number of rotatable bonds is 7. The van der Waals surface area contributed by atoms with E-state index in [9.17, 15) is 24.1 Å². The fourth-order valence-electron chi connectivity index (χ4n) is 2.00. The summed E-state index contributed by atoms with van der Waals surface area (Å²) in [6, 6.07) is 0.513. The highest BCUT2D eigenvalue weighted by Crippen LogP contribution is 2.26. The minimum absolute atomic E-state index is 0.0266. The molecule has 2 N–H and O–H groups in total. The highest BCUT2D eigenvalue weighted by Gasteiger charge is 2.24. The number of halogens is 2. The summed E-state index contributed by atoms with van der Waals surface area (Å²) in [7, 11) is 0. The number of carboxylic acids is 1. The van der Waals surface area contributed by atoms with Gasteiger partial charge in [0.05, 0.1) is 16.4 Å². The Morgan fingerprint density at radius 2 is 2.04 bits per heavy atom. The summed E-state index contributed by atoms with van der Waals surface area (Å²) in [6.45, 7) is 3.59. The Hall–Kier alpha value is -2.22. The zero-order chi connectivity index (χ0) is 17.7. The first kappa shape index (κ1) is 18.8. The summed E-state index contributed by atoms with van der Waals surface area (Å²) in [5.74, 6) is -2.82. The highest BCUT2D eigenvalue weighted by atomic mass is 35.5. The molecule has 23 heavy (non-hydrogen) atoms. The van der Waals surface area contributed by atoms with Crippen molar-refractivity contribution in [3.05, 3.63) is 38.7 Å². The Kier molecular flexibility index (Phi) is 6.44. The number of aliphatic carboxylic acids is 1. The fourth-order valence-corrected chi connectivity index (χ4v) is 2.16. The van der Waals surface area contributed by atoms with Gasteiger partial charge in [0.15, 0.2) is 0 Å². The van der Waals surface area contributed by atoms with Crippen LogP contribution >= 0.6 is 11.6 Å². The van der Waals surface area contributed by atoms with Crippen molar-refractivity contribution in [1.29, 1.82) is 0 Å². The predicted molar refractivity (Wildman–Crippen MR) is 80.8 cm³/mol. The maximum absolute atomic E-state index is 13.5. The predicted octanol–water partition coefficient (Wildman–Crippen LogP) is 2.55. The minimum Gasteiger partial charge on any atom is -0.480 e. The van der Waals surface area contributed by atoms with Crippen molar-refractivity contribution in [2.45, 2.75) is 32.7 Å². The van der Waals surface area contributed by atoms with Crippen molar-refractivity contribution in [3.8, 4) is 0 Å². The van der Waals surface area contributed by atoms with Gasteiger partial charge >= 0.3 is 5.97 Å². The molecule has 126 valence electrons. The van der Waals surface area contributed by atoms with Crippen molar-refractivity contribution >= 4 is 29.2 Å². The largest absolute Gasteiger partial charge is 0.480 e. The number of nitrogens with one attached hydrogen (secondary N) is 1. The van der Waals surface area contributed by atoms with Crippen LogP contribution in [0.1, 0.15) is 25.8 Å². The molecule has 0 radical (unpaired) electrons. The lowest BCUT2D eigenvalue weighted by Crippen LogP contribution is -2.42. The monoisotopic (exact) mass is 346 g/mol. The molecule has 1 rings (SSSR count). The first-order chi connectivity index (χ1) is 10.6. The lowest BCUT2D eigenvalue weighted by molar-refractivity contribution is -0.385. The van der Waals surface area contributed by atoms with Gasteiger partial charge in [-0.2, -0.15) is 0 Å². The SMILES string of the molecule is CC(C)CC(NC(=O)Cc1cc(F)c(Cl)cc1[N+](=O)[O-])C(=O)O. The van der Waals surface area contributed by atoms with Gasteiger partial charge in [-0.25, -0.2) is 9.18 Å². The molecule has 7 nitrogen and oxygen atoms in total. The molecule has 0 aliphatic heterocycles. The molecule has 1 unspecified atom stereocenters. The third-order valence-corrected chi connectivity index (χ3v) is 3.30. The maximum Gasteiger partial charge on any atom is 0.326 e. The fraction of sp³-hybridized carbons (Fsp3) is 0.429. The number of nitro benzene ring substituents is 1. The molecule has 1 aromatic carbocycles. The number of carbonyl (C=O) groups excluding carboxylic acids is 1. The molecule has 1 amide bonds. The van der Waals surface area contributed by atoms with Crippen molar-refractivity contribution in [2.24, 2.45) is 5.92 Å². The highest BCUT2D eigenvalue weighted by molar-refractivity contribution is 6.31. The van der Waals surface area contributed by atoms with E-state index in [-0.39, 0.29) is 17.9 Å². The minimum atomic E-state index is -1.20. The summed E-state index contributed by atoms with van der Waals surface area (Å²) < 4.78 is 13.5. The summed E-state index contributed by atoms with van der Waals surface area (Å²) in [5, 5.41) is 21.9. The van der Waals surface area contributed by atoms with Crippen molar-refractivity contribution in [1.82, 2.24) is 5.32 Å². The lowest BCUT2D eigenvalue weighted by Gasteiger charge is -2.16. The summed E-state index contributed by atoms with van der Waals surface area (Å²) >= 11 is 5.49. The molecule has 0 heterocycles. The summed E-state index contributed by atoms with van der Waals surface area (Å²) in [5.41, 5.74) is -0.676. The van der Waals surface area contributed by atoms with Gasteiger partial charge in [-0.1, -0.05) is 25.4 Å². The van der Waals surface area contributed by atoms with Crippen LogP contribution in [0.3, 0.4) is 0 Å². The van der Waals surface area contributed by atoms with Crippen LogP contribution in [0, 0.1) is 21.8 Å². The van der Waals surface area contributed by atoms with Gasteiger partial charge in [0.1, 0.15) is 11.9 Å². The molecule has 1 aromatic rings. The molecule has 0 spiro atoms. The second-order valence-electron chi connectivity index (χ2n) is 5.42. The van der Waals surface area contributed by atoms with Gasteiger partial charge in [0.2, 0.25) is 5.91 Å². The lowest BCUT2D eigenvalue weighted by atomic mass is 10.0. The van der Waals surface area contributed by atoms with Gasteiger partial charge in [-0.05, 0) is 18.4 Å². The number of amides is 1. The van der Waals surface area contributed by atoms with E-state index in [2.05, 4.69) is 5.32 Å². The second-order valence-corrected chi connectivity index (χ2v) is 5.82. The topological polar surface area (TPSA) is 110 Å². The van der Waals surface area contributed by atoms with E-state index < -0.39 is 45.8 Å². The van der Waals surface area contributed by atoms with E-state index >= 15 is 0 Å². The van der Waals surface area contributed by atoms with E-state index in [4.69, 9.17) is 16.7 Å². The van der Waals surface area contributed by atoms with E-state index in [0.717, 1.165) is 12.1 Å². The Balaban J connectivity index is 2.94. The van der Waals surface area contributed by atoms with E-state index in [1.807, 2.05) is 0 Å². The molecule has 0 fully saturated rings. The van der Waals surface area contributed by atoms with Gasteiger partial charge in [0.25, 0.3) is 5.69 Å². The quantitative estimate of drug-likeness (QED) is 0.582. The Morgan fingerprint density at radius 3 is 2.52 bits per heavy atom. The zero-order valence-electron chi connectivity index (χ0n) is 12.5. The molecular formula is C14H16ClFN2O5. The molecule has 0 bridgehead atoms. The molecule has 0 aliphatic carbocycles.